The fourth-order valence-corrected chi connectivity index (χ4v) is 1.02. The van der Waals surface area contributed by atoms with Gasteiger partial charge in [0.2, 0.25) is 0 Å². The summed E-state index contributed by atoms with van der Waals surface area (Å²) in [6.07, 6.45) is -54.1. The van der Waals surface area contributed by atoms with Crippen molar-refractivity contribution >= 4 is 0 Å². The van der Waals surface area contributed by atoms with Crippen LogP contribution in [0.2, 0.25) is 0 Å². The molecule has 0 aromatic rings. The molecular formula is C9F18O4. The first-order valence-electron chi connectivity index (χ1n) is 6.03. The molecule has 31 heavy (non-hydrogen) atoms. The molecule has 186 valence electrons. The summed E-state index contributed by atoms with van der Waals surface area (Å²) in [5.41, 5.74) is 0. The summed E-state index contributed by atoms with van der Waals surface area (Å²) in [6, 6.07) is 0. The van der Waals surface area contributed by atoms with E-state index in [1.165, 1.54) is 14.2 Å². The fraction of sp³-hybridized carbons (Fsp3) is 0.778. The molecule has 0 saturated carbocycles. The summed E-state index contributed by atoms with van der Waals surface area (Å²) in [5, 5.41) is 0. The van der Waals surface area contributed by atoms with E-state index in [1.807, 2.05) is 0 Å². The van der Waals surface area contributed by atoms with Crippen molar-refractivity contribution in [1.82, 2.24) is 0 Å². The van der Waals surface area contributed by atoms with Crippen LogP contribution < -0.4 is 0 Å². The van der Waals surface area contributed by atoms with E-state index in [4.69, 9.17) is 0 Å². The van der Waals surface area contributed by atoms with E-state index in [1.54, 1.807) is 4.74 Å². The van der Waals surface area contributed by atoms with Crippen molar-refractivity contribution in [2.45, 2.75) is 43.2 Å². The Morgan fingerprint density at radius 3 is 1.06 bits per heavy atom. The molecule has 0 amide bonds. The van der Waals surface area contributed by atoms with Gasteiger partial charge in [-0.1, -0.05) is 0 Å². The van der Waals surface area contributed by atoms with Crippen LogP contribution in [-0.2, 0) is 18.9 Å². The maximum atomic E-state index is 12.9. The van der Waals surface area contributed by atoms with E-state index in [0.717, 1.165) is 0 Å². The van der Waals surface area contributed by atoms with Gasteiger partial charge in [0.15, 0.2) is 0 Å². The quantitative estimate of drug-likeness (QED) is 0.259. The van der Waals surface area contributed by atoms with Crippen LogP contribution in [0.3, 0.4) is 0 Å². The zero-order valence-corrected chi connectivity index (χ0v) is 12.9. The minimum absolute atomic E-state index is 1.37. The minimum Gasteiger partial charge on any atom is -0.242 e. The zero-order chi connectivity index (χ0) is 25.5. The Morgan fingerprint density at radius 2 is 0.742 bits per heavy atom. The number of hydrogen-bond donors (Lipinski definition) is 0. The van der Waals surface area contributed by atoms with Crippen molar-refractivity contribution in [1.29, 1.82) is 0 Å². The first kappa shape index (κ1) is 29.3. The van der Waals surface area contributed by atoms with Gasteiger partial charge in [-0.2, -0.15) is 61.8 Å². The number of alkyl halides is 15. The second-order valence-corrected chi connectivity index (χ2v) is 4.48. The van der Waals surface area contributed by atoms with Crippen molar-refractivity contribution in [3.63, 3.8) is 0 Å². The van der Waals surface area contributed by atoms with E-state index in [2.05, 4.69) is 0 Å². The van der Waals surface area contributed by atoms with Gasteiger partial charge in [0.1, 0.15) is 0 Å². The summed E-state index contributed by atoms with van der Waals surface area (Å²) >= 11 is 0. The zero-order valence-electron chi connectivity index (χ0n) is 12.9. The Kier molecular flexibility index (Phi) is 7.90. The van der Waals surface area contributed by atoms with Crippen LogP contribution in [0.5, 0.6) is 0 Å². The fourth-order valence-electron chi connectivity index (χ4n) is 1.02. The summed E-state index contributed by atoms with van der Waals surface area (Å²) in [6.45, 7) is 0. The Hall–Kier alpha value is -1.68. The third-order valence-electron chi connectivity index (χ3n) is 2.09. The molecule has 0 fully saturated rings. The summed E-state index contributed by atoms with van der Waals surface area (Å²) < 4.78 is 228. The van der Waals surface area contributed by atoms with Gasteiger partial charge in [-0.15, -0.1) is 22.0 Å². The standard InChI is InChI=1S/C9F18O4/c10-1(2(11)12)3(13,14)28-4(15,16)5(17,18)29-6(19,20)7(21,22)30-9(26,27)31-8(23,24)25. The molecule has 22 heteroatoms. The molecule has 0 N–H and O–H groups in total. The molecule has 4 nitrogen and oxygen atoms in total. The maximum absolute atomic E-state index is 12.9. The summed E-state index contributed by atoms with van der Waals surface area (Å²) in [5.74, 6) is -4.28. The predicted octanol–water partition coefficient (Wildman–Crippen LogP) is 6.16. The molecule has 0 aromatic heterocycles. The Labute approximate surface area is 154 Å². The SMILES string of the molecule is FC(F)=C(F)C(F)(F)OC(F)(F)C(F)(F)OC(F)(F)C(F)(F)OC(F)(F)OC(F)(F)F. The molecule has 0 aromatic carbocycles. The van der Waals surface area contributed by atoms with Crippen molar-refractivity contribution < 1.29 is 98.0 Å². The third-order valence-corrected chi connectivity index (χ3v) is 2.09. The third kappa shape index (κ3) is 7.75. The summed E-state index contributed by atoms with van der Waals surface area (Å²) in [4.78, 5) is 0. The molecule has 0 aliphatic rings. The highest BCUT2D eigenvalue weighted by Gasteiger charge is 2.75. The molecule has 0 spiro atoms. The van der Waals surface area contributed by atoms with Crippen LogP contribution in [0, 0.1) is 0 Å². The van der Waals surface area contributed by atoms with Crippen LogP contribution in [0.25, 0.3) is 0 Å². The Morgan fingerprint density at radius 1 is 0.419 bits per heavy atom. The number of halogens is 18. The van der Waals surface area contributed by atoms with Gasteiger partial charge in [0.25, 0.3) is 5.83 Å². The predicted molar refractivity (Wildman–Crippen MR) is 50.4 cm³/mol. The lowest BCUT2D eigenvalue weighted by Gasteiger charge is -2.33. The molecule has 0 unspecified atom stereocenters. The molecule has 0 radical (unpaired) electrons. The van der Waals surface area contributed by atoms with Gasteiger partial charge in [-0.05, 0) is 0 Å². The maximum Gasteiger partial charge on any atom is 0.529 e. The summed E-state index contributed by atoms with van der Waals surface area (Å²) in [7, 11) is 0. The minimum atomic E-state index is -7.52. The largest absolute Gasteiger partial charge is 0.529 e. The molecule has 0 rings (SSSR count). The van der Waals surface area contributed by atoms with E-state index < -0.39 is 55.1 Å². The number of hydrogen-bond acceptors (Lipinski definition) is 4. The van der Waals surface area contributed by atoms with Crippen molar-refractivity contribution in [3.05, 3.63) is 11.9 Å². The van der Waals surface area contributed by atoms with E-state index in [-0.39, 0.29) is 0 Å². The smallest absolute Gasteiger partial charge is 0.242 e. The lowest BCUT2D eigenvalue weighted by atomic mass is 10.5. The van der Waals surface area contributed by atoms with Crippen molar-refractivity contribution in [3.8, 4) is 0 Å². The molecule has 0 aliphatic heterocycles. The molecular weight excluding hydrogens is 514 g/mol. The molecule has 0 atom stereocenters. The molecule has 0 bridgehead atoms. The normalized spacial score (nSPS) is 15.3. The van der Waals surface area contributed by atoms with Crippen LogP contribution >= 0.6 is 0 Å². The molecule has 0 saturated heterocycles. The van der Waals surface area contributed by atoms with E-state index >= 15 is 0 Å². The second-order valence-electron chi connectivity index (χ2n) is 4.48. The highest BCUT2D eigenvalue weighted by molar-refractivity contribution is 5.00. The first-order valence-corrected chi connectivity index (χ1v) is 6.03. The van der Waals surface area contributed by atoms with Gasteiger partial charge < -0.3 is 0 Å². The lowest BCUT2D eigenvalue weighted by molar-refractivity contribution is -0.589. The van der Waals surface area contributed by atoms with Crippen molar-refractivity contribution in [2.24, 2.45) is 0 Å². The average molecular weight is 514 g/mol. The van der Waals surface area contributed by atoms with E-state index in [0.29, 0.717) is 0 Å². The van der Waals surface area contributed by atoms with Crippen molar-refractivity contribution in [2.75, 3.05) is 0 Å². The Bertz CT molecular complexity index is 661. The second kappa shape index (κ2) is 8.35. The van der Waals surface area contributed by atoms with Gasteiger partial charge in [0.05, 0.1) is 0 Å². The molecule has 0 heterocycles. The van der Waals surface area contributed by atoms with Crippen LogP contribution in [0.1, 0.15) is 0 Å². The lowest BCUT2D eigenvalue weighted by Crippen LogP contribution is -2.57. The molecule has 0 aliphatic carbocycles. The number of rotatable bonds is 10. The Balaban J connectivity index is 5.77. The van der Waals surface area contributed by atoms with Crippen LogP contribution in [0.4, 0.5) is 79.0 Å². The van der Waals surface area contributed by atoms with Gasteiger partial charge in [-0.25, -0.2) is 14.2 Å². The average Bonchev–Trinajstić information content (AvgIpc) is 2.39. The van der Waals surface area contributed by atoms with Crippen LogP contribution in [-0.4, -0.2) is 43.2 Å². The number of ether oxygens (including phenoxy) is 4. The van der Waals surface area contributed by atoms with Gasteiger partial charge in [-0.3, -0.25) is 0 Å². The topological polar surface area (TPSA) is 36.9 Å². The first-order chi connectivity index (χ1) is 13.2. The van der Waals surface area contributed by atoms with E-state index in [9.17, 15) is 79.0 Å². The van der Waals surface area contributed by atoms with Crippen LogP contribution in [0.15, 0.2) is 11.9 Å². The monoisotopic (exact) mass is 514 g/mol. The highest BCUT2D eigenvalue weighted by Crippen LogP contribution is 2.49. The van der Waals surface area contributed by atoms with Gasteiger partial charge >= 0.3 is 49.3 Å². The van der Waals surface area contributed by atoms with Gasteiger partial charge in [0, 0.05) is 0 Å². The highest BCUT2D eigenvalue weighted by atomic mass is 19.4.